The first-order valence-electron chi connectivity index (χ1n) is 7.48. The van der Waals surface area contributed by atoms with Crippen LogP contribution in [0, 0.1) is 5.92 Å². The number of rotatable bonds is 7. The molecule has 2 atom stereocenters. The first-order valence-corrected chi connectivity index (χ1v) is 8.96. The van der Waals surface area contributed by atoms with Crippen molar-refractivity contribution in [3.8, 4) is 5.75 Å². The highest BCUT2D eigenvalue weighted by molar-refractivity contribution is 7.89. The first kappa shape index (κ1) is 17.2. The molecule has 2 N–H and O–H groups in total. The van der Waals surface area contributed by atoms with Gasteiger partial charge >= 0.3 is 0 Å². The molecular formula is C15H24N2O4S. The van der Waals surface area contributed by atoms with E-state index in [1.807, 2.05) is 0 Å². The second-order valence-corrected chi connectivity index (χ2v) is 7.22. The zero-order valence-electron chi connectivity index (χ0n) is 13.0. The third kappa shape index (κ3) is 4.67. The Balaban J connectivity index is 1.99. The summed E-state index contributed by atoms with van der Waals surface area (Å²) in [4.78, 5) is 0.254. The molecule has 1 aliphatic rings. The number of sulfonamides is 1. The van der Waals surface area contributed by atoms with E-state index < -0.39 is 10.0 Å². The SMILES string of the molecule is COCCOc1ccc(S(=O)(=O)NC2CNCCC2C)cc1. The van der Waals surface area contributed by atoms with Crippen LogP contribution in [0.4, 0.5) is 0 Å². The van der Waals surface area contributed by atoms with Crippen LogP contribution >= 0.6 is 0 Å². The molecule has 1 aromatic carbocycles. The van der Waals surface area contributed by atoms with Gasteiger partial charge in [-0.15, -0.1) is 0 Å². The average molecular weight is 328 g/mol. The van der Waals surface area contributed by atoms with Crippen molar-refractivity contribution < 1.29 is 17.9 Å². The van der Waals surface area contributed by atoms with Gasteiger partial charge in [0, 0.05) is 19.7 Å². The van der Waals surface area contributed by atoms with Crippen LogP contribution in [0.2, 0.25) is 0 Å². The first-order chi connectivity index (χ1) is 10.5. The standard InChI is InChI=1S/C15H24N2O4S/c1-12-7-8-16-11-15(12)17-22(18,19)14-5-3-13(4-6-14)21-10-9-20-2/h3-6,12,15-17H,7-11H2,1-2H3. The maximum absolute atomic E-state index is 12.4. The van der Waals surface area contributed by atoms with Gasteiger partial charge in [0.15, 0.2) is 0 Å². The van der Waals surface area contributed by atoms with Gasteiger partial charge in [0.25, 0.3) is 0 Å². The summed E-state index contributed by atoms with van der Waals surface area (Å²) in [6.45, 7) is 4.60. The fourth-order valence-electron chi connectivity index (χ4n) is 2.37. The van der Waals surface area contributed by atoms with Crippen molar-refractivity contribution in [1.29, 1.82) is 0 Å². The third-order valence-electron chi connectivity index (χ3n) is 3.82. The van der Waals surface area contributed by atoms with Gasteiger partial charge in [0.1, 0.15) is 12.4 Å². The number of methoxy groups -OCH3 is 1. The summed E-state index contributed by atoms with van der Waals surface area (Å²) in [6, 6.07) is 6.37. The molecule has 1 fully saturated rings. The molecule has 22 heavy (non-hydrogen) atoms. The van der Waals surface area contributed by atoms with E-state index in [9.17, 15) is 8.42 Å². The Labute approximate surface area is 132 Å². The van der Waals surface area contributed by atoms with Crippen molar-refractivity contribution in [1.82, 2.24) is 10.0 Å². The van der Waals surface area contributed by atoms with E-state index in [1.165, 1.54) is 0 Å². The van der Waals surface area contributed by atoms with Gasteiger partial charge in [-0.1, -0.05) is 6.92 Å². The van der Waals surface area contributed by atoms with Crippen molar-refractivity contribution in [2.45, 2.75) is 24.3 Å². The summed E-state index contributed by atoms with van der Waals surface area (Å²) in [5, 5.41) is 3.22. The molecule has 1 saturated heterocycles. The van der Waals surface area contributed by atoms with Crippen LogP contribution in [0.15, 0.2) is 29.2 Å². The molecule has 2 rings (SSSR count). The predicted octanol–water partition coefficient (Wildman–Crippen LogP) is 0.988. The van der Waals surface area contributed by atoms with Crippen molar-refractivity contribution in [2.75, 3.05) is 33.4 Å². The van der Waals surface area contributed by atoms with Crippen LogP contribution in [-0.4, -0.2) is 47.9 Å². The Morgan fingerprint density at radius 3 is 2.64 bits per heavy atom. The van der Waals surface area contributed by atoms with Gasteiger partial charge in [0.2, 0.25) is 10.0 Å². The van der Waals surface area contributed by atoms with Gasteiger partial charge in [-0.2, -0.15) is 0 Å². The van der Waals surface area contributed by atoms with Crippen molar-refractivity contribution in [2.24, 2.45) is 5.92 Å². The van der Waals surface area contributed by atoms with Gasteiger partial charge in [0.05, 0.1) is 11.5 Å². The summed E-state index contributed by atoms with van der Waals surface area (Å²) < 4.78 is 37.9. The molecule has 1 heterocycles. The molecule has 2 unspecified atom stereocenters. The number of hydrogen-bond acceptors (Lipinski definition) is 5. The molecule has 0 aromatic heterocycles. The maximum Gasteiger partial charge on any atom is 0.240 e. The number of piperidine rings is 1. The fraction of sp³-hybridized carbons (Fsp3) is 0.600. The van der Waals surface area contributed by atoms with Crippen molar-refractivity contribution in [3.63, 3.8) is 0 Å². The zero-order chi connectivity index (χ0) is 16.0. The topological polar surface area (TPSA) is 76.7 Å². The number of ether oxygens (including phenoxy) is 2. The lowest BCUT2D eigenvalue weighted by molar-refractivity contribution is 0.146. The van der Waals surface area contributed by atoms with Crippen LogP contribution < -0.4 is 14.8 Å². The monoisotopic (exact) mass is 328 g/mol. The van der Waals surface area contributed by atoms with Gasteiger partial charge < -0.3 is 14.8 Å². The normalized spacial score (nSPS) is 22.5. The highest BCUT2D eigenvalue weighted by atomic mass is 32.2. The Kier molecular flexibility index (Phi) is 6.19. The molecule has 124 valence electrons. The summed E-state index contributed by atoms with van der Waals surface area (Å²) in [6.07, 6.45) is 0.972. The molecule has 7 heteroatoms. The van der Waals surface area contributed by atoms with E-state index in [-0.39, 0.29) is 10.9 Å². The Morgan fingerprint density at radius 2 is 2.00 bits per heavy atom. The van der Waals surface area contributed by atoms with Crippen LogP contribution in [-0.2, 0) is 14.8 Å². The largest absolute Gasteiger partial charge is 0.491 e. The lowest BCUT2D eigenvalue weighted by Crippen LogP contribution is -2.50. The Morgan fingerprint density at radius 1 is 1.27 bits per heavy atom. The fourth-order valence-corrected chi connectivity index (χ4v) is 3.72. The molecule has 1 aliphatic heterocycles. The van der Waals surface area contributed by atoms with Gasteiger partial charge in [-0.05, 0) is 43.1 Å². The van der Waals surface area contributed by atoms with Crippen molar-refractivity contribution >= 4 is 10.0 Å². The van der Waals surface area contributed by atoms with Crippen LogP contribution in [0.1, 0.15) is 13.3 Å². The van der Waals surface area contributed by atoms with E-state index in [0.29, 0.717) is 31.4 Å². The van der Waals surface area contributed by atoms with Crippen LogP contribution in [0.3, 0.4) is 0 Å². The van der Waals surface area contributed by atoms with E-state index in [0.717, 1.165) is 13.0 Å². The van der Waals surface area contributed by atoms with Crippen LogP contribution in [0.5, 0.6) is 5.75 Å². The molecule has 0 radical (unpaired) electrons. The minimum absolute atomic E-state index is 0.0728. The van der Waals surface area contributed by atoms with Gasteiger partial charge in [-0.3, -0.25) is 0 Å². The number of benzene rings is 1. The summed E-state index contributed by atoms with van der Waals surface area (Å²) in [5.41, 5.74) is 0. The molecule has 1 aromatic rings. The van der Waals surface area contributed by atoms with E-state index in [2.05, 4.69) is 17.0 Å². The highest BCUT2D eigenvalue weighted by Gasteiger charge is 2.26. The summed E-state index contributed by atoms with van der Waals surface area (Å²) in [7, 11) is -1.90. The quantitative estimate of drug-likeness (QED) is 0.730. The number of hydrogen-bond donors (Lipinski definition) is 2. The number of nitrogens with one attached hydrogen (secondary N) is 2. The van der Waals surface area contributed by atoms with Crippen LogP contribution in [0.25, 0.3) is 0 Å². The third-order valence-corrected chi connectivity index (χ3v) is 5.33. The molecule has 0 spiro atoms. The van der Waals surface area contributed by atoms with Gasteiger partial charge in [-0.25, -0.2) is 13.1 Å². The minimum atomic E-state index is -3.50. The zero-order valence-corrected chi connectivity index (χ0v) is 13.9. The van der Waals surface area contributed by atoms with E-state index in [4.69, 9.17) is 9.47 Å². The highest BCUT2D eigenvalue weighted by Crippen LogP contribution is 2.18. The maximum atomic E-state index is 12.4. The Hall–Kier alpha value is -1.15. The molecule has 0 aliphatic carbocycles. The minimum Gasteiger partial charge on any atom is -0.491 e. The Bertz CT molecular complexity index is 559. The molecule has 0 bridgehead atoms. The smallest absolute Gasteiger partial charge is 0.240 e. The second kappa shape index (κ2) is 7.92. The van der Waals surface area contributed by atoms with E-state index in [1.54, 1.807) is 31.4 Å². The van der Waals surface area contributed by atoms with E-state index >= 15 is 0 Å². The molecule has 0 saturated carbocycles. The molecule has 6 nitrogen and oxygen atoms in total. The molecule has 0 amide bonds. The second-order valence-electron chi connectivity index (χ2n) is 5.51. The van der Waals surface area contributed by atoms with Crippen molar-refractivity contribution in [3.05, 3.63) is 24.3 Å². The average Bonchev–Trinajstić information content (AvgIpc) is 2.50. The summed E-state index contributed by atoms with van der Waals surface area (Å²) in [5.74, 6) is 0.955. The molecular weight excluding hydrogens is 304 g/mol. The lowest BCUT2D eigenvalue weighted by Gasteiger charge is -2.29. The summed E-state index contributed by atoms with van der Waals surface area (Å²) >= 11 is 0. The predicted molar refractivity (Wildman–Crippen MR) is 84.6 cm³/mol. The lowest BCUT2D eigenvalue weighted by atomic mass is 9.96.